The van der Waals surface area contributed by atoms with Crippen molar-refractivity contribution in [3.8, 4) is 11.8 Å². The smallest absolute Gasteiger partial charge is 0.323 e. The number of nitrogens with zero attached hydrogens (tertiary/aromatic N) is 1. The molecule has 2 aromatic carbocycles. The number of hydrogen-bond acceptors (Lipinski definition) is 4. The molecule has 0 fully saturated rings. The van der Waals surface area contributed by atoms with Gasteiger partial charge < -0.3 is 20.0 Å². The molecule has 0 aliphatic heterocycles. The molecule has 3 rings (SSSR count). The van der Waals surface area contributed by atoms with Crippen molar-refractivity contribution in [2.24, 2.45) is 0 Å². The van der Waals surface area contributed by atoms with Crippen LogP contribution < -0.4 is 15.7 Å². The van der Waals surface area contributed by atoms with Crippen LogP contribution in [0.15, 0.2) is 47.3 Å². The van der Waals surface area contributed by atoms with E-state index < -0.39 is 6.10 Å². The van der Waals surface area contributed by atoms with Crippen molar-refractivity contribution in [2.45, 2.75) is 26.0 Å². The number of fused-ring (bicyclic) bond motifs is 1. The molecule has 1 heterocycles. The molecule has 0 spiro atoms. The van der Waals surface area contributed by atoms with Gasteiger partial charge >= 0.3 is 5.69 Å². The van der Waals surface area contributed by atoms with Gasteiger partial charge in [0.2, 0.25) is 0 Å². The number of amides is 1. The second-order valence-electron chi connectivity index (χ2n) is 6.01. The fraction of sp³-hybridized carbons (Fsp3) is 0.211. The second kappa shape index (κ2) is 7.15. The van der Waals surface area contributed by atoms with E-state index in [0.717, 1.165) is 11.1 Å². The van der Waals surface area contributed by atoms with Crippen LogP contribution in [0.2, 0.25) is 0 Å². The van der Waals surface area contributed by atoms with E-state index in [1.165, 1.54) is 0 Å². The van der Waals surface area contributed by atoms with Crippen LogP contribution in [0.25, 0.3) is 11.0 Å². The monoisotopic (exact) mass is 350 g/mol. The average molecular weight is 350 g/mol. The number of carbonyl (C=O) groups is 1. The Balaban J connectivity index is 1.64. The van der Waals surface area contributed by atoms with Crippen molar-refractivity contribution in [3.63, 3.8) is 0 Å². The highest BCUT2D eigenvalue weighted by atomic mass is 16.5. The number of rotatable bonds is 5. The third-order valence-corrected chi connectivity index (χ3v) is 4.06. The van der Waals surface area contributed by atoms with Crippen LogP contribution >= 0.6 is 0 Å². The molecule has 2 atom stereocenters. The molecule has 0 aliphatic rings. The molecule has 0 radical (unpaired) electrons. The summed E-state index contributed by atoms with van der Waals surface area (Å²) in [5.41, 5.74) is 2.54. The Bertz CT molecular complexity index is 1030. The van der Waals surface area contributed by atoms with Crippen LogP contribution in [-0.4, -0.2) is 22.0 Å². The first-order chi connectivity index (χ1) is 12.5. The molecule has 26 heavy (non-hydrogen) atoms. The van der Waals surface area contributed by atoms with Gasteiger partial charge in [0.05, 0.1) is 28.7 Å². The van der Waals surface area contributed by atoms with Crippen molar-refractivity contribution < 1.29 is 9.53 Å². The molecule has 3 N–H and O–H groups in total. The molecule has 0 bridgehead atoms. The van der Waals surface area contributed by atoms with Gasteiger partial charge in [-0.1, -0.05) is 6.07 Å². The summed E-state index contributed by atoms with van der Waals surface area (Å²) in [6, 6.07) is 13.8. The van der Waals surface area contributed by atoms with Crippen molar-refractivity contribution in [2.75, 3.05) is 0 Å². The lowest BCUT2D eigenvalue weighted by atomic mass is 10.1. The highest BCUT2D eigenvalue weighted by Gasteiger charge is 2.18. The van der Waals surface area contributed by atoms with Gasteiger partial charge in [-0.2, -0.15) is 5.26 Å². The number of nitriles is 1. The van der Waals surface area contributed by atoms with E-state index in [9.17, 15) is 9.59 Å². The topological polar surface area (TPSA) is 111 Å². The molecule has 7 nitrogen and oxygen atoms in total. The first-order valence-electron chi connectivity index (χ1n) is 8.15. The quantitative estimate of drug-likeness (QED) is 0.656. The van der Waals surface area contributed by atoms with Gasteiger partial charge in [-0.25, -0.2) is 4.79 Å². The SMILES string of the molecule is CC(Oc1ccc(C#N)cc1)C(=O)NC(C)c1ccc2[nH]c(=O)[nH]c2c1. The molecule has 0 aliphatic carbocycles. The summed E-state index contributed by atoms with van der Waals surface area (Å²) in [5, 5.41) is 11.7. The summed E-state index contributed by atoms with van der Waals surface area (Å²) in [6.07, 6.45) is -0.693. The van der Waals surface area contributed by atoms with Crippen molar-refractivity contribution in [1.29, 1.82) is 5.26 Å². The number of H-pyrrole nitrogens is 2. The lowest BCUT2D eigenvalue weighted by molar-refractivity contribution is -0.127. The van der Waals surface area contributed by atoms with Gasteiger partial charge in [0.1, 0.15) is 5.75 Å². The lowest BCUT2D eigenvalue weighted by Gasteiger charge is -2.19. The Morgan fingerprint density at radius 2 is 1.81 bits per heavy atom. The zero-order valence-corrected chi connectivity index (χ0v) is 14.4. The predicted octanol–water partition coefficient (Wildman–Crippen LogP) is 2.37. The van der Waals surface area contributed by atoms with Crippen LogP contribution in [0, 0.1) is 11.3 Å². The summed E-state index contributed by atoms with van der Waals surface area (Å²) in [4.78, 5) is 29.1. The number of aromatic nitrogens is 2. The summed E-state index contributed by atoms with van der Waals surface area (Å²) in [7, 11) is 0. The fourth-order valence-corrected chi connectivity index (χ4v) is 2.60. The van der Waals surface area contributed by atoms with E-state index in [4.69, 9.17) is 10.00 Å². The second-order valence-corrected chi connectivity index (χ2v) is 6.01. The summed E-state index contributed by atoms with van der Waals surface area (Å²) in [6.45, 7) is 3.52. The minimum absolute atomic E-state index is 0.252. The van der Waals surface area contributed by atoms with Crippen molar-refractivity contribution in [1.82, 2.24) is 15.3 Å². The number of ether oxygens (including phenoxy) is 1. The Labute approximate surface area is 149 Å². The zero-order valence-electron chi connectivity index (χ0n) is 14.4. The molecule has 1 aromatic heterocycles. The Morgan fingerprint density at radius 1 is 1.12 bits per heavy atom. The predicted molar refractivity (Wildman–Crippen MR) is 96.7 cm³/mol. The summed E-state index contributed by atoms with van der Waals surface area (Å²) in [5.74, 6) is 0.259. The Morgan fingerprint density at radius 3 is 2.50 bits per heavy atom. The first-order valence-corrected chi connectivity index (χ1v) is 8.15. The number of aromatic amines is 2. The van der Waals surface area contributed by atoms with Gasteiger partial charge in [0.15, 0.2) is 6.10 Å². The molecule has 132 valence electrons. The van der Waals surface area contributed by atoms with Crippen molar-refractivity contribution >= 4 is 16.9 Å². The minimum Gasteiger partial charge on any atom is -0.481 e. The molecule has 1 amide bonds. The van der Waals surface area contributed by atoms with E-state index in [0.29, 0.717) is 16.8 Å². The molecular formula is C19H18N4O3. The zero-order chi connectivity index (χ0) is 18.7. The van der Waals surface area contributed by atoms with E-state index in [2.05, 4.69) is 15.3 Å². The number of carbonyl (C=O) groups excluding carboxylic acids is 1. The Hall–Kier alpha value is -3.53. The molecular weight excluding hydrogens is 332 g/mol. The van der Waals surface area contributed by atoms with Crippen LogP contribution in [0.4, 0.5) is 0 Å². The Kier molecular flexibility index (Phi) is 4.76. The van der Waals surface area contributed by atoms with Crippen molar-refractivity contribution in [3.05, 3.63) is 64.1 Å². The standard InChI is InChI=1S/C19H18N4O3/c1-11(14-5-8-16-17(9-14)23-19(25)22-16)21-18(24)12(2)26-15-6-3-13(10-20)4-7-15/h3-9,11-12H,1-2H3,(H,21,24)(H2,22,23,25). The van der Waals surface area contributed by atoms with Crippen LogP contribution in [0.3, 0.4) is 0 Å². The normalized spacial score (nSPS) is 13.0. The first kappa shape index (κ1) is 17.3. The molecule has 2 unspecified atom stereocenters. The van der Waals surface area contributed by atoms with Crippen LogP contribution in [0.5, 0.6) is 5.75 Å². The maximum absolute atomic E-state index is 12.4. The molecule has 0 saturated carbocycles. The molecule has 0 saturated heterocycles. The minimum atomic E-state index is -0.693. The van der Waals surface area contributed by atoms with Crippen LogP contribution in [0.1, 0.15) is 31.0 Å². The maximum Gasteiger partial charge on any atom is 0.323 e. The fourth-order valence-electron chi connectivity index (χ4n) is 2.60. The summed E-state index contributed by atoms with van der Waals surface area (Å²) >= 11 is 0. The number of hydrogen-bond donors (Lipinski definition) is 3. The lowest BCUT2D eigenvalue weighted by Crippen LogP contribution is -2.37. The van der Waals surface area contributed by atoms with Gasteiger partial charge in [0.25, 0.3) is 5.91 Å². The van der Waals surface area contributed by atoms with Gasteiger partial charge in [0, 0.05) is 0 Å². The van der Waals surface area contributed by atoms with E-state index in [-0.39, 0.29) is 17.6 Å². The van der Waals surface area contributed by atoms with E-state index in [1.54, 1.807) is 37.3 Å². The van der Waals surface area contributed by atoms with Gasteiger partial charge in [-0.3, -0.25) is 4.79 Å². The largest absolute Gasteiger partial charge is 0.481 e. The average Bonchev–Trinajstić information content (AvgIpc) is 3.01. The third-order valence-electron chi connectivity index (χ3n) is 4.06. The van der Waals surface area contributed by atoms with Gasteiger partial charge in [-0.15, -0.1) is 0 Å². The molecule has 7 heteroatoms. The molecule has 3 aromatic rings. The summed E-state index contributed by atoms with van der Waals surface area (Å²) < 4.78 is 5.61. The maximum atomic E-state index is 12.4. The third kappa shape index (κ3) is 3.75. The number of imidazole rings is 1. The number of benzene rings is 2. The van der Waals surface area contributed by atoms with E-state index >= 15 is 0 Å². The highest BCUT2D eigenvalue weighted by Crippen LogP contribution is 2.18. The highest BCUT2D eigenvalue weighted by molar-refractivity contribution is 5.81. The van der Waals surface area contributed by atoms with Crippen LogP contribution in [-0.2, 0) is 4.79 Å². The van der Waals surface area contributed by atoms with E-state index in [1.807, 2.05) is 25.1 Å². The van der Waals surface area contributed by atoms with Gasteiger partial charge in [-0.05, 0) is 55.8 Å². The number of nitrogens with one attached hydrogen (secondary N) is 3.